The predicted molar refractivity (Wildman–Crippen MR) is 111 cm³/mol. The second-order valence-electron chi connectivity index (χ2n) is 6.45. The summed E-state index contributed by atoms with van der Waals surface area (Å²) >= 11 is 17.2. The predicted octanol–water partition coefficient (Wildman–Crippen LogP) is 3.25. The molecule has 0 saturated carbocycles. The number of benzene rings is 1. The lowest BCUT2D eigenvalue weighted by molar-refractivity contribution is -0.302. The fraction of sp³-hybridized carbons (Fsp3) is 0.579. The van der Waals surface area contributed by atoms with Gasteiger partial charge in [0.1, 0.15) is 31.0 Å². The Kier molecular flexibility index (Phi) is 9.62. The van der Waals surface area contributed by atoms with Gasteiger partial charge in [0, 0.05) is 21.1 Å². The van der Waals surface area contributed by atoms with E-state index >= 15 is 0 Å². The number of carbonyl (C=O) groups excluding carboxylic acids is 1. The number of nitrogens with one attached hydrogen (secondary N) is 1. The number of hydrogen-bond acceptors (Lipinski definition) is 8. The van der Waals surface area contributed by atoms with Crippen molar-refractivity contribution in [3.05, 3.63) is 35.9 Å². The van der Waals surface area contributed by atoms with Gasteiger partial charge in [0.05, 0.1) is 6.61 Å². The van der Waals surface area contributed by atoms with Crippen molar-refractivity contribution in [3.63, 3.8) is 0 Å². The first kappa shape index (κ1) is 25.1. The number of rotatable bonds is 8. The number of esters is 1. The van der Waals surface area contributed by atoms with Crippen molar-refractivity contribution < 1.29 is 33.2 Å². The zero-order chi connectivity index (χ0) is 22.3. The Bertz CT molecular complexity index is 701. The molecule has 2 rings (SSSR count). The maximum absolute atomic E-state index is 11.3. The smallest absolute Gasteiger partial charge is 0.302 e. The lowest BCUT2D eigenvalue weighted by Crippen LogP contribution is -2.62. The quantitative estimate of drug-likeness (QED) is 0.262. The molecule has 168 valence electrons. The fourth-order valence-corrected chi connectivity index (χ4v) is 3.12. The third-order valence-electron chi connectivity index (χ3n) is 4.36. The van der Waals surface area contributed by atoms with E-state index in [1.54, 1.807) is 0 Å². The third kappa shape index (κ3) is 6.95. The second-order valence-corrected chi connectivity index (χ2v) is 8.73. The van der Waals surface area contributed by atoms with Crippen LogP contribution < -0.4 is 0 Å². The minimum absolute atomic E-state index is 0.125. The Balaban J connectivity index is 2.26. The third-order valence-corrected chi connectivity index (χ3v) is 4.88. The first-order chi connectivity index (χ1) is 14.2. The molecule has 1 aliphatic rings. The molecule has 1 aromatic rings. The Morgan fingerprint density at radius 3 is 2.27 bits per heavy atom. The van der Waals surface area contributed by atoms with Crippen molar-refractivity contribution in [2.75, 3.05) is 20.8 Å². The molecular formula is C19H24Cl3NO7. The molecule has 0 spiro atoms. The van der Waals surface area contributed by atoms with Gasteiger partial charge in [-0.1, -0.05) is 65.1 Å². The SMILES string of the molecule is CO[C@H]1[C@H](OC)[C@@H](OCc2ccccc2)C(OC(=N)C(Cl)(Cl)Cl)O[C@@H]1COC(C)=O. The summed E-state index contributed by atoms with van der Waals surface area (Å²) in [5, 5.41) is 7.91. The van der Waals surface area contributed by atoms with E-state index in [0.717, 1.165) is 5.56 Å². The number of halogens is 3. The maximum Gasteiger partial charge on any atom is 0.302 e. The van der Waals surface area contributed by atoms with E-state index in [4.69, 9.17) is 68.6 Å². The normalized spacial score (nSPS) is 26.8. The van der Waals surface area contributed by atoms with Crippen LogP contribution in [0.4, 0.5) is 0 Å². The van der Waals surface area contributed by atoms with Gasteiger partial charge in [-0.2, -0.15) is 0 Å². The minimum Gasteiger partial charge on any atom is -0.463 e. The molecule has 8 nitrogen and oxygen atoms in total. The summed E-state index contributed by atoms with van der Waals surface area (Å²) in [6, 6.07) is 9.43. The van der Waals surface area contributed by atoms with Crippen LogP contribution in [0.5, 0.6) is 0 Å². The second kappa shape index (κ2) is 11.5. The van der Waals surface area contributed by atoms with Crippen LogP contribution in [0.1, 0.15) is 12.5 Å². The van der Waals surface area contributed by atoms with Crippen molar-refractivity contribution >= 4 is 46.7 Å². The maximum atomic E-state index is 11.3. The molecule has 0 aliphatic carbocycles. The highest BCUT2D eigenvalue weighted by Gasteiger charge is 2.50. The zero-order valence-corrected chi connectivity index (χ0v) is 18.9. The highest BCUT2D eigenvalue weighted by Crippen LogP contribution is 2.33. The Hall–Kier alpha value is -1.13. The molecule has 1 heterocycles. The van der Waals surface area contributed by atoms with E-state index in [2.05, 4.69) is 0 Å². The molecule has 30 heavy (non-hydrogen) atoms. The average Bonchev–Trinajstić information content (AvgIpc) is 2.70. The molecule has 1 fully saturated rings. The van der Waals surface area contributed by atoms with Crippen LogP contribution in [0, 0.1) is 5.41 Å². The lowest BCUT2D eigenvalue weighted by atomic mass is 9.98. The highest BCUT2D eigenvalue weighted by molar-refractivity contribution is 6.76. The van der Waals surface area contributed by atoms with E-state index in [1.807, 2.05) is 30.3 Å². The molecule has 11 heteroatoms. The molecule has 0 bridgehead atoms. The van der Waals surface area contributed by atoms with Gasteiger partial charge < -0.3 is 28.4 Å². The average molecular weight is 485 g/mol. The Labute approximate surface area is 190 Å². The fourth-order valence-electron chi connectivity index (χ4n) is 2.99. The summed E-state index contributed by atoms with van der Waals surface area (Å²) < 4.78 is 31.5. The van der Waals surface area contributed by atoms with Gasteiger partial charge in [-0.3, -0.25) is 10.2 Å². The van der Waals surface area contributed by atoms with Crippen LogP contribution in [-0.2, 0) is 39.8 Å². The molecular weight excluding hydrogens is 461 g/mol. The summed E-state index contributed by atoms with van der Waals surface area (Å²) in [5.41, 5.74) is 0.901. The molecule has 0 amide bonds. The highest BCUT2D eigenvalue weighted by atomic mass is 35.6. The van der Waals surface area contributed by atoms with Crippen LogP contribution in [-0.4, -0.2) is 67.2 Å². The summed E-state index contributed by atoms with van der Waals surface area (Å²) in [7, 11) is 2.95. The van der Waals surface area contributed by atoms with Gasteiger partial charge in [-0.05, 0) is 5.56 Å². The van der Waals surface area contributed by atoms with Crippen molar-refractivity contribution in [1.29, 1.82) is 5.41 Å². The van der Waals surface area contributed by atoms with E-state index in [-0.39, 0.29) is 13.2 Å². The first-order valence-electron chi connectivity index (χ1n) is 8.99. The minimum atomic E-state index is -2.10. The standard InChI is InChI=1S/C19H24Cl3NO7/c1-11(24)27-10-13-14(25-2)15(26-3)16(28-9-12-7-5-4-6-8-12)17(29-13)30-18(23)19(20,21)22/h4-8,13-17,23H,9-10H2,1-3H3/t13-,14-,15+,16-,17?/m1/s1. The lowest BCUT2D eigenvalue weighted by Gasteiger charge is -2.44. The van der Waals surface area contributed by atoms with Gasteiger partial charge in [0.2, 0.25) is 12.2 Å². The van der Waals surface area contributed by atoms with E-state index in [0.29, 0.717) is 0 Å². The van der Waals surface area contributed by atoms with Gasteiger partial charge in [0.15, 0.2) is 0 Å². The summed E-state index contributed by atoms with van der Waals surface area (Å²) in [6.45, 7) is 1.36. The Morgan fingerprint density at radius 2 is 1.73 bits per heavy atom. The van der Waals surface area contributed by atoms with Crippen molar-refractivity contribution in [2.24, 2.45) is 0 Å². The molecule has 5 atom stereocenters. The van der Waals surface area contributed by atoms with Gasteiger partial charge in [-0.25, -0.2) is 0 Å². The van der Waals surface area contributed by atoms with Crippen LogP contribution in [0.15, 0.2) is 30.3 Å². The van der Waals surface area contributed by atoms with E-state index in [1.165, 1.54) is 21.1 Å². The van der Waals surface area contributed by atoms with Crippen LogP contribution in [0.2, 0.25) is 0 Å². The summed E-state index contributed by atoms with van der Waals surface area (Å²) in [5.74, 6) is -1.14. The van der Waals surface area contributed by atoms with Crippen LogP contribution in [0.25, 0.3) is 0 Å². The van der Waals surface area contributed by atoms with Crippen LogP contribution in [0.3, 0.4) is 0 Å². The topological polar surface area (TPSA) is 96.3 Å². The van der Waals surface area contributed by atoms with Crippen molar-refractivity contribution in [2.45, 2.75) is 48.0 Å². The number of hydrogen-bond donors (Lipinski definition) is 1. The first-order valence-corrected chi connectivity index (χ1v) is 10.1. The van der Waals surface area contributed by atoms with Gasteiger partial charge in [0.25, 0.3) is 3.79 Å². The molecule has 1 N–H and O–H groups in total. The monoisotopic (exact) mass is 483 g/mol. The van der Waals surface area contributed by atoms with Crippen LogP contribution >= 0.6 is 34.8 Å². The summed E-state index contributed by atoms with van der Waals surface area (Å²) in [4.78, 5) is 11.3. The van der Waals surface area contributed by atoms with Gasteiger partial charge >= 0.3 is 5.97 Å². The van der Waals surface area contributed by atoms with Crippen molar-refractivity contribution in [1.82, 2.24) is 0 Å². The summed E-state index contributed by atoms with van der Waals surface area (Å²) in [6.07, 6.45) is -4.15. The number of carbonyl (C=O) groups is 1. The van der Waals surface area contributed by atoms with E-state index < -0.39 is 46.4 Å². The number of methoxy groups -OCH3 is 2. The molecule has 0 aromatic heterocycles. The molecule has 1 saturated heterocycles. The molecule has 1 aliphatic heterocycles. The molecule has 1 aromatic carbocycles. The van der Waals surface area contributed by atoms with Gasteiger partial charge in [-0.15, -0.1) is 0 Å². The zero-order valence-electron chi connectivity index (χ0n) is 16.7. The number of alkyl halides is 3. The van der Waals surface area contributed by atoms with E-state index in [9.17, 15) is 4.79 Å². The van der Waals surface area contributed by atoms with Crippen molar-refractivity contribution in [3.8, 4) is 0 Å². The molecule has 0 radical (unpaired) electrons. The molecule has 1 unspecified atom stereocenters. The largest absolute Gasteiger partial charge is 0.463 e. The number of ether oxygens (including phenoxy) is 6. The Morgan fingerprint density at radius 1 is 1.10 bits per heavy atom.